The zero-order chi connectivity index (χ0) is 14.3. The number of nitrogens with two attached hydrogens (primary N) is 1. The number of hydrogen-bond acceptors (Lipinski definition) is 3. The maximum absolute atomic E-state index is 12.0. The van der Waals surface area contributed by atoms with Crippen molar-refractivity contribution in [1.82, 2.24) is 10.2 Å². The molecular weight excluding hydrogens is 309 g/mol. The molecule has 0 heterocycles. The molecule has 0 saturated heterocycles. The maximum Gasteiger partial charge on any atom is 0.224 e. The molecule has 2 unspecified atom stereocenters. The molecule has 4 nitrogen and oxygen atoms in total. The Morgan fingerprint density at radius 2 is 1.81 bits per heavy atom. The van der Waals surface area contributed by atoms with Crippen molar-refractivity contribution < 1.29 is 4.79 Å². The van der Waals surface area contributed by atoms with Crippen molar-refractivity contribution in [2.75, 3.05) is 27.2 Å². The van der Waals surface area contributed by atoms with Gasteiger partial charge < -0.3 is 16.0 Å². The van der Waals surface area contributed by atoms with E-state index in [4.69, 9.17) is 5.73 Å². The van der Waals surface area contributed by atoms with Gasteiger partial charge in [0, 0.05) is 12.6 Å². The van der Waals surface area contributed by atoms with Crippen LogP contribution in [0.1, 0.15) is 24.9 Å². The number of rotatable bonds is 7. The third-order valence-corrected chi connectivity index (χ3v) is 3.22. The van der Waals surface area contributed by atoms with Crippen LogP contribution in [-0.4, -0.2) is 38.0 Å². The summed E-state index contributed by atoms with van der Waals surface area (Å²) in [6, 6.07) is 9.49. The molecule has 1 rings (SSSR count). The summed E-state index contributed by atoms with van der Waals surface area (Å²) < 4.78 is 0. The van der Waals surface area contributed by atoms with Crippen LogP contribution in [0.2, 0.25) is 0 Å². The van der Waals surface area contributed by atoms with Gasteiger partial charge in [0.05, 0.1) is 5.92 Å². The van der Waals surface area contributed by atoms with E-state index in [0.29, 0.717) is 6.54 Å². The van der Waals surface area contributed by atoms with Crippen molar-refractivity contribution >= 4 is 30.7 Å². The number of nitrogens with one attached hydrogen (secondary N) is 1. The van der Waals surface area contributed by atoms with Crippen LogP contribution in [0.5, 0.6) is 0 Å². The molecule has 1 aromatic carbocycles. The molecule has 0 saturated carbocycles. The van der Waals surface area contributed by atoms with Gasteiger partial charge in [-0.15, -0.1) is 24.8 Å². The minimum absolute atomic E-state index is 0. The summed E-state index contributed by atoms with van der Waals surface area (Å²) in [5.74, 6) is -0.197. The van der Waals surface area contributed by atoms with Crippen molar-refractivity contribution in [3.8, 4) is 0 Å². The molecule has 1 aromatic rings. The molecule has 21 heavy (non-hydrogen) atoms. The first kappa shape index (κ1) is 22.5. The molecule has 0 fully saturated rings. The van der Waals surface area contributed by atoms with Crippen LogP contribution in [0.4, 0.5) is 0 Å². The van der Waals surface area contributed by atoms with Gasteiger partial charge in [-0.1, -0.05) is 37.3 Å². The molecule has 1 amide bonds. The monoisotopic (exact) mass is 335 g/mol. The van der Waals surface area contributed by atoms with Gasteiger partial charge in [0.1, 0.15) is 0 Å². The number of carbonyl (C=O) groups is 1. The van der Waals surface area contributed by atoms with Crippen LogP contribution in [-0.2, 0) is 4.79 Å². The first-order chi connectivity index (χ1) is 9.02. The number of nitrogens with zero attached hydrogens (tertiary/aromatic N) is 1. The molecule has 6 heteroatoms. The molecule has 3 N–H and O–H groups in total. The fraction of sp³-hybridized carbons (Fsp3) is 0.533. The summed E-state index contributed by atoms with van der Waals surface area (Å²) in [7, 11) is 4.05. The molecule has 0 aliphatic heterocycles. The minimum atomic E-state index is -0.255. The number of benzene rings is 1. The smallest absolute Gasteiger partial charge is 0.224 e. The summed E-state index contributed by atoms with van der Waals surface area (Å²) in [5.41, 5.74) is 7.12. The van der Waals surface area contributed by atoms with Crippen LogP contribution in [0.25, 0.3) is 0 Å². The van der Waals surface area contributed by atoms with Gasteiger partial charge in [-0.05, 0) is 32.6 Å². The van der Waals surface area contributed by atoms with E-state index in [1.54, 1.807) is 0 Å². The number of amides is 1. The number of hydrogen-bond donors (Lipinski definition) is 2. The molecule has 2 atom stereocenters. The molecule has 0 aliphatic rings. The Labute approximate surface area is 140 Å². The average Bonchev–Trinajstić information content (AvgIpc) is 2.42. The Bertz CT molecular complexity index is 388. The van der Waals surface area contributed by atoms with E-state index in [1.165, 1.54) is 0 Å². The molecule has 0 bridgehead atoms. The van der Waals surface area contributed by atoms with E-state index < -0.39 is 0 Å². The zero-order valence-electron chi connectivity index (χ0n) is 12.9. The van der Waals surface area contributed by atoms with Crippen LogP contribution >= 0.6 is 24.8 Å². The Morgan fingerprint density at radius 1 is 1.24 bits per heavy atom. The van der Waals surface area contributed by atoms with Crippen LogP contribution in [0, 0.1) is 5.92 Å². The highest BCUT2D eigenvalue weighted by atomic mass is 35.5. The largest absolute Gasteiger partial charge is 0.356 e. The van der Waals surface area contributed by atoms with Crippen LogP contribution in [0.15, 0.2) is 30.3 Å². The van der Waals surface area contributed by atoms with Gasteiger partial charge >= 0.3 is 0 Å². The average molecular weight is 336 g/mol. The van der Waals surface area contributed by atoms with Gasteiger partial charge in [-0.25, -0.2) is 0 Å². The SMILES string of the molecule is CC(C(=O)NCCCN(C)C)C(N)c1ccccc1.Cl.Cl. The van der Waals surface area contributed by atoms with E-state index in [9.17, 15) is 4.79 Å². The topological polar surface area (TPSA) is 58.4 Å². The molecular formula is C15H27Cl2N3O. The maximum atomic E-state index is 12.0. The molecule has 0 spiro atoms. The van der Waals surface area contributed by atoms with Gasteiger partial charge in [0.15, 0.2) is 0 Å². The summed E-state index contributed by atoms with van der Waals surface area (Å²) in [4.78, 5) is 14.1. The highest BCUT2D eigenvalue weighted by molar-refractivity contribution is 5.85. The molecule has 0 radical (unpaired) electrons. The summed E-state index contributed by atoms with van der Waals surface area (Å²) >= 11 is 0. The quantitative estimate of drug-likeness (QED) is 0.751. The van der Waals surface area contributed by atoms with E-state index in [-0.39, 0.29) is 42.7 Å². The summed E-state index contributed by atoms with van der Waals surface area (Å²) in [6.45, 7) is 3.54. The van der Waals surface area contributed by atoms with E-state index >= 15 is 0 Å². The predicted octanol–water partition coefficient (Wildman–Crippen LogP) is 2.23. The lowest BCUT2D eigenvalue weighted by molar-refractivity contribution is -0.125. The van der Waals surface area contributed by atoms with Gasteiger partial charge in [-0.2, -0.15) is 0 Å². The van der Waals surface area contributed by atoms with E-state index in [0.717, 1.165) is 18.5 Å². The Hall–Kier alpha value is -0.810. The Balaban J connectivity index is 0. The fourth-order valence-corrected chi connectivity index (χ4v) is 1.89. The second-order valence-corrected chi connectivity index (χ2v) is 5.17. The Morgan fingerprint density at radius 3 is 2.33 bits per heavy atom. The van der Waals surface area contributed by atoms with Crippen LogP contribution in [0.3, 0.4) is 0 Å². The second kappa shape index (κ2) is 11.8. The minimum Gasteiger partial charge on any atom is -0.356 e. The van der Waals surface area contributed by atoms with Crippen molar-refractivity contribution in [3.63, 3.8) is 0 Å². The van der Waals surface area contributed by atoms with Crippen molar-refractivity contribution in [3.05, 3.63) is 35.9 Å². The lowest BCUT2D eigenvalue weighted by atomic mass is 9.95. The van der Waals surface area contributed by atoms with Crippen molar-refractivity contribution in [2.45, 2.75) is 19.4 Å². The first-order valence-corrected chi connectivity index (χ1v) is 6.75. The lowest BCUT2D eigenvalue weighted by Crippen LogP contribution is -2.36. The summed E-state index contributed by atoms with van der Waals surface area (Å²) in [6.07, 6.45) is 0.950. The van der Waals surface area contributed by atoms with E-state index in [2.05, 4.69) is 10.2 Å². The fourth-order valence-electron chi connectivity index (χ4n) is 1.89. The highest BCUT2D eigenvalue weighted by Crippen LogP contribution is 2.18. The third kappa shape index (κ3) is 8.27. The van der Waals surface area contributed by atoms with Crippen molar-refractivity contribution in [1.29, 1.82) is 0 Å². The van der Waals surface area contributed by atoms with Gasteiger partial charge in [0.25, 0.3) is 0 Å². The predicted molar refractivity (Wildman–Crippen MR) is 93.2 cm³/mol. The summed E-state index contributed by atoms with van der Waals surface area (Å²) in [5, 5.41) is 2.94. The standard InChI is InChI=1S/C15H25N3O.2ClH/c1-12(14(16)13-8-5-4-6-9-13)15(19)17-10-7-11-18(2)3;;/h4-6,8-9,12,14H,7,10-11,16H2,1-3H3,(H,17,19);2*1H. The van der Waals surface area contributed by atoms with Gasteiger partial charge in [-0.3, -0.25) is 4.79 Å². The Kier molecular flexibility index (Phi) is 12.6. The number of carbonyl (C=O) groups excluding carboxylic acids is 1. The third-order valence-electron chi connectivity index (χ3n) is 3.22. The van der Waals surface area contributed by atoms with E-state index in [1.807, 2.05) is 51.4 Å². The molecule has 0 aromatic heterocycles. The second-order valence-electron chi connectivity index (χ2n) is 5.17. The normalized spacial score (nSPS) is 12.8. The van der Waals surface area contributed by atoms with Gasteiger partial charge in [0.2, 0.25) is 5.91 Å². The highest BCUT2D eigenvalue weighted by Gasteiger charge is 2.21. The lowest BCUT2D eigenvalue weighted by Gasteiger charge is -2.20. The zero-order valence-corrected chi connectivity index (χ0v) is 14.5. The van der Waals surface area contributed by atoms with Crippen molar-refractivity contribution in [2.24, 2.45) is 11.7 Å². The molecule has 0 aliphatic carbocycles. The number of halogens is 2. The first-order valence-electron chi connectivity index (χ1n) is 6.75. The van der Waals surface area contributed by atoms with Crippen LogP contribution < -0.4 is 11.1 Å². The molecule has 122 valence electrons.